The van der Waals surface area contributed by atoms with Crippen LogP contribution in [0.15, 0.2) is 12.1 Å². The van der Waals surface area contributed by atoms with Crippen LogP contribution in [0.3, 0.4) is 0 Å². The van der Waals surface area contributed by atoms with E-state index in [1.54, 1.807) is 0 Å². The smallest absolute Gasteiger partial charge is 0.123 e. The Morgan fingerprint density at radius 2 is 1.17 bits per heavy atom. The molecule has 1 heteroatoms. The fraction of sp³-hybridized carbons (Fsp3) is 0.793. The van der Waals surface area contributed by atoms with Crippen molar-refractivity contribution in [1.82, 2.24) is 0 Å². The lowest BCUT2D eigenvalue weighted by molar-refractivity contribution is 0.156. The van der Waals surface area contributed by atoms with E-state index in [1.165, 1.54) is 69.8 Å². The van der Waals surface area contributed by atoms with Crippen molar-refractivity contribution < 1.29 is 5.11 Å². The first-order valence-electron chi connectivity index (χ1n) is 12.9. The van der Waals surface area contributed by atoms with Gasteiger partial charge in [-0.25, -0.2) is 0 Å². The summed E-state index contributed by atoms with van der Waals surface area (Å²) in [6, 6.07) is 4.68. The molecule has 0 unspecified atom stereocenters. The van der Waals surface area contributed by atoms with E-state index < -0.39 is 0 Å². The maximum atomic E-state index is 11.1. The Kier molecular flexibility index (Phi) is 7.30. The summed E-state index contributed by atoms with van der Waals surface area (Å²) >= 11 is 0. The minimum absolute atomic E-state index is 0.0333. The quantitative estimate of drug-likeness (QED) is 0.523. The number of hydrogen-bond donors (Lipinski definition) is 1. The highest BCUT2D eigenvalue weighted by atomic mass is 16.3. The van der Waals surface area contributed by atoms with Gasteiger partial charge in [-0.1, -0.05) is 86.3 Å². The Labute approximate surface area is 187 Å². The monoisotopic (exact) mass is 412 g/mol. The fourth-order valence-corrected chi connectivity index (χ4v) is 6.32. The highest BCUT2D eigenvalue weighted by Crippen LogP contribution is 2.47. The summed E-state index contributed by atoms with van der Waals surface area (Å²) in [6.07, 6.45) is 14.2. The van der Waals surface area contributed by atoms with E-state index in [9.17, 15) is 5.11 Å². The van der Waals surface area contributed by atoms with Crippen molar-refractivity contribution >= 4 is 0 Å². The topological polar surface area (TPSA) is 20.2 Å². The van der Waals surface area contributed by atoms with Gasteiger partial charge in [0.15, 0.2) is 0 Å². The van der Waals surface area contributed by atoms with Crippen molar-refractivity contribution in [3.63, 3.8) is 0 Å². The first kappa shape index (κ1) is 23.7. The van der Waals surface area contributed by atoms with Crippen LogP contribution in [0, 0.1) is 17.8 Å². The molecule has 0 amide bonds. The summed E-state index contributed by atoms with van der Waals surface area (Å²) in [6.45, 7) is 15.7. The minimum Gasteiger partial charge on any atom is -0.507 e. The van der Waals surface area contributed by atoms with Crippen molar-refractivity contribution in [2.24, 2.45) is 17.8 Å². The number of rotatable bonds is 4. The van der Waals surface area contributed by atoms with Gasteiger partial charge in [0.2, 0.25) is 0 Å². The molecule has 2 saturated carbocycles. The standard InChI is InChI=1S/C29H48O/c1-8-9-20-10-12-21(13-11-20)22-14-16-23(17-15-22)24-18-25(28(2,3)4)27(30)26(19-24)29(5,6)7/h18-23,30H,8-17H2,1-7H3. The summed E-state index contributed by atoms with van der Waals surface area (Å²) in [5.74, 6) is 4.17. The van der Waals surface area contributed by atoms with E-state index in [0.717, 1.165) is 28.9 Å². The largest absolute Gasteiger partial charge is 0.507 e. The van der Waals surface area contributed by atoms with E-state index >= 15 is 0 Å². The Morgan fingerprint density at radius 3 is 1.57 bits per heavy atom. The molecule has 0 heterocycles. The van der Waals surface area contributed by atoms with Crippen LogP contribution in [0.4, 0.5) is 0 Å². The second-order valence-electron chi connectivity index (χ2n) is 12.6. The summed E-state index contributed by atoms with van der Waals surface area (Å²) in [5.41, 5.74) is 3.67. The molecule has 0 aromatic heterocycles. The molecule has 1 nitrogen and oxygen atoms in total. The first-order chi connectivity index (χ1) is 14.0. The fourth-order valence-electron chi connectivity index (χ4n) is 6.32. The van der Waals surface area contributed by atoms with Gasteiger partial charge in [0.05, 0.1) is 0 Å². The summed E-state index contributed by atoms with van der Waals surface area (Å²) in [4.78, 5) is 0. The second kappa shape index (κ2) is 9.25. The van der Waals surface area contributed by atoms with Crippen LogP contribution in [0.1, 0.15) is 135 Å². The number of phenolic OH excluding ortho intramolecular Hbond substituents is 1. The molecule has 3 rings (SSSR count). The molecule has 2 fully saturated rings. The normalized spacial score (nSPS) is 28.5. The minimum atomic E-state index is -0.0333. The lowest BCUT2D eigenvalue weighted by Gasteiger charge is -2.38. The van der Waals surface area contributed by atoms with Gasteiger partial charge < -0.3 is 5.11 Å². The molecule has 0 atom stereocenters. The SMILES string of the molecule is CCCC1CCC(C2CCC(c3cc(C(C)(C)C)c(O)c(C(C)(C)C)c3)CC2)CC1. The third-order valence-corrected chi connectivity index (χ3v) is 8.25. The molecular formula is C29H48O. The third-order valence-electron chi connectivity index (χ3n) is 8.25. The highest BCUT2D eigenvalue weighted by molar-refractivity contribution is 5.50. The van der Waals surface area contributed by atoms with Crippen molar-refractivity contribution in [3.8, 4) is 5.75 Å². The van der Waals surface area contributed by atoms with E-state index in [-0.39, 0.29) is 10.8 Å². The summed E-state index contributed by atoms with van der Waals surface area (Å²) < 4.78 is 0. The van der Waals surface area contributed by atoms with Crippen LogP contribution < -0.4 is 0 Å². The van der Waals surface area contributed by atoms with Crippen LogP contribution in [-0.2, 0) is 10.8 Å². The van der Waals surface area contributed by atoms with Gasteiger partial charge in [-0.3, -0.25) is 0 Å². The zero-order chi connectivity index (χ0) is 22.1. The predicted octanol–water partition coefficient (Wildman–Crippen LogP) is 8.87. The van der Waals surface area contributed by atoms with Crippen molar-refractivity contribution in [2.75, 3.05) is 0 Å². The zero-order valence-corrected chi connectivity index (χ0v) is 21.0. The molecule has 30 heavy (non-hydrogen) atoms. The molecule has 0 bridgehead atoms. The molecule has 2 aliphatic rings. The molecule has 2 aliphatic carbocycles. The zero-order valence-electron chi connectivity index (χ0n) is 21.0. The van der Waals surface area contributed by atoms with Crippen LogP contribution in [-0.4, -0.2) is 5.11 Å². The molecule has 0 saturated heterocycles. The molecule has 0 radical (unpaired) electrons. The van der Waals surface area contributed by atoms with Gasteiger partial charge in [-0.05, 0) is 89.7 Å². The third kappa shape index (κ3) is 5.43. The van der Waals surface area contributed by atoms with Gasteiger partial charge >= 0.3 is 0 Å². The Morgan fingerprint density at radius 1 is 0.733 bits per heavy atom. The van der Waals surface area contributed by atoms with Crippen LogP contribution in [0.5, 0.6) is 5.75 Å². The van der Waals surface area contributed by atoms with Gasteiger partial charge in [0.1, 0.15) is 5.75 Å². The lowest BCUT2D eigenvalue weighted by atomic mass is 9.67. The highest BCUT2D eigenvalue weighted by Gasteiger charge is 2.33. The van der Waals surface area contributed by atoms with Gasteiger partial charge in [-0.2, -0.15) is 0 Å². The molecule has 1 aromatic rings. The number of hydrogen-bond acceptors (Lipinski definition) is 1. The van der Waals surface area contributed by atoms with Crippen molar-refractivity contribution in [3.05, 3.63) is 28.8 Å². The predicted molar refractivity (Wildman–Crippen MR) is 131 cm³/mol. The van der Waals surface area contributed by atoms with Gasteiger partial charge in [-0.15, -0.1) is 0 Å². The van der Waals surface area contributed by atoms with Crippen LogP contribution in [0.25, 0.3) is 0 Å². The van der Waals surface area contributed by atoms with Crippen molar-refractivity contribution in [1.29, 1.82) is 0 Å². The van der Waals surface area contributed by atoms with E-state index in [1.807, 2.05) is 0 Å². The van der Waals surface area contributed by atoms with Gasteiger partial charge in [0.25, 0.3) is 0 Å². The average Bonchev–Trinajstić information content (AvgIpc) is 2.67. The lowest BCUT2D eigenvalue weighted by Crippen LogP contribution is -2.26. The van der Waals surface area contributed by atoms with Crippen molar-refractivity contribution in [2.45, 2.75) is 129 Å². The summed E-state index contributed by atoms with van der Waals surface area (Å²) in [5, 5.41) is 11.1. The Bertz CT molecular complexity index is 651. The molecule has 0 aliphatic heterocycles. The van der Waals surface area contributed by atoms with Crippen LogP contribution in [0.2, 0.25) is 0 Å². The Balaban J connectivity index is 1.71. The van der Waals surface area contributed by atoms with Crippen LogP contribution >= 0.6 is 0 Å². The second-order valence-corrected chi connectivity index (χ2v) is 12.6. The maximum absolute atomic E-state index is 11.1. The summed E-state index contributed by atoms with van der Waals surface area (Å²) in [7, 11) is 0. The Hall–Kier alpha value is -0.980. The molecule has 1 N–H and O–H groups in total. The number of benzene rings is 1. The molecule has 0 spiro atoms. The molecule has 1 aromatic carbocycles. The van der Waals surface area contributed by atoms with Gasteiger partial charge in [0, 0.05) is 0 Å². The van der Waals surface area contributed by atoms with E-state index in [0.29, 0.717) is 11.7 Å². The van der Waals surface area contributed by atoms with E-state index in [2.05, 4.69) is 60.6 Å². The first-order valence-corrected chi connectivity index (χ1v) is 12.9. The molecule has 170 valence electrons. The van der Waals surface area contributed by atoms with E-state index in [4.69, 9.17) is 0 Å². The average molecular weight is 413 g/mol. The maximum Gasteiger partial charge on any atom is 0.123 e. The number of phenols is 1. The number of aromatic hydroxyl groups is 1. The molecular weight excluding hydrogens is 364 g/mol.